The third-order valence-corrected chi connectivity index (χ3v) is 2.88. The highest BCUT2D eigenvalue weighted by Gasteiger charge is 1.94. The van der Waals surface area contributed by atoms with Gasteiger partial charge in [-0.15, -0.1) is 0 Å². The van der Waals surface area contributed by atoms with Crippen LogP contribution < -0.4 is 0 Å². The molecule has 1 aliphatic heterocycles. The summed E-state index contributed by atoms with van der Waals surface area (Å²) in [6, 6.07) is 7.93. The van der Waals surface area contributed by atoms with Gasteiger partial charge in [-0.1, -0.05) is 6.08 Å². The number of nitrogens with zero attached hydrogens (tertiary/aromatic N) is 5. The van der Waals surface area contributed by atoms with E-state index in [0.717, 1.165) is 12.2 Å². The molecule has 5 heteroatoms. The third-order valence-electron chi connectivity index (χ3n) is 2.88. The SMILES string of the molecule is C1=CCN=C1.Cn1ccc(-n2cccn2)c1.Cn1cccc1. The number of hydrogen-bond donors (Lipinski definition) is 0. The van der Waals surface area contributed by atoms with E-state index in [1.807, 2.05) is 95.3 Å². The molecule has 22 heavy (non-hydrogen) atoms. The molecule has 0 saturated carbocycles. The highest BCUT2D eigenvalue weighted by molar-refractivity contribution is 5.73. The van der Waals surface area contributed by atoms with Crippen molar-refractivity contribution >= 4 is 6.21 Å². The zero-order valence-corrected chi connectivity index (χ0v) is 12.9. The molecular formula is C17H21N5. The van der Waals surface area contributed by atoms with E-state index in [-0.39, 0.29) is 0 Å². The Labute approximate surface area is 130 Å². The Balaban J connectivity index is 0.000000135. The first-order chi connectivity index (χ1) is 10.8. The number of hydrogen-bond acceptors (Lipinski definition) is 2. The summed E-state index contributed by atoms with van der Waals surface area (Å²) in [5, 5.41) is 4.10. The van der Waals surface area contributed by atoms with Crippen LogP contribution in [0.5, 0.6) is 0 Å². The number of aliphatic imine (C=N–C) groups is 1. The summed E-state index contributed by atoms with van der Waals surface area (Å²) in [6.45, 7) is 0.889. The summed E-state index contributed by atoms with van der Waals surface area (Å²) in [4.78, 5) is 3.85. The summed E-state index contributed by atoms with van der Waals surface area (Å²) in [5.74, 6) is 0. The van der Waals surface area contributed by atoms with Crippen molar-refractivity contribution in [1.29, 1.82) is 0 Å². The molecule has 0 atom stereocenters. The van der Waals surface area contributed by atoms with Gasteiger partial charge in [0.25, 0.3) is 0 Å². The van der Waals surface area contributed by atoms with Gasteiger partial charge in [-0.3, -0.25) is 4.99 Å². The van der Waals surface area contributed by atoms with E-state index in [2.05, 4.69) is 10.1 Å². The minimum absolute atomic E-state index is 0.889. The van der Waals surface area contributed by atoms with Gasteiger partial charge in [-0.25, -0.2) is 4.68 Å². The molecule has 0 aliphatic carbocycles. The second kappa shape index (κ2) is 8.46. The largest absolute Gasteiger partial charge is 0.357 e. The maximum atomic E-state index is 4.10. The molecular weight excluding hydrogens is 274 g/mol. The van der Waals surface area contributed by atoms with Gasteiger partial charge in [0.1, 0.15) is 0 Å². The van der Waals surface area contributed by atoms with Crippen molar-refractivity contribution in [3.8, 4) is 5.69 Å². The second-order valence-corrected chi connectivity index (χ2v) is 4.78. The normalized spacial score (nSPS) is 11.5. The fourth-order valence-electron chi connectivity index (χ4n) is 1.77. The van der Waals surface area contributed by atoms with Crippen LogP contribution in [0.15, 0.2) is 78.6 Å². The standard InChI is InChI=1S/C8H9N3.C5H7N.C4H5N/c1-10-6-3-8(7-10)11-5-2-4-9-11;1-6-4-2-3-5-6;1-2-4-5-3-1/h2-7H,1H3;2-5H,1H3;1-3H,4H2. The Hall–Kier alpha value is -2.82. The van der Waals surface area contributed by atoms with Crippen molar-refractivity contribution in [1.82, 2.24) is 18.9 Å². The molecule has 5 nitrogen and oxygen atoms in total. The smallest absolute Gasteiger partial charge is 0.0821 e. The monoisotopic (exact) mass is 295 g/mol. The molecule has 0 bridgehead atoms. The number of aryl methyl sites for hydroxylation is 2. The van der Waals surface area contributed by atoms with Crippen LogP contribution in [0.2, 0.25) is 0 Å². The minimum Gasteiger partial charge on any atom is -0.357 e. The lowest BCUT2D eigenvalue weighted by Gasteiger charge is -1.93. The van der Waals surface area contributed by atoms with Gasteiger partial charge in [0.15, 0.2) is 0 Å². The van der Waals surface area contributed by atoms with Gasteiger partial charge < -0.3 is 9.13 Å². The van der Waals surface area contributed by atoms with Crippen molar-refractivity contribution in [2.24, 2.45) is 19.1 Å². The maximum absolute atomic E-state index is 4.10. The molecule has 0 radical (unpaired) electrons. The van der Waals surface area contributed by atoms with Crippen LogP contribution in [0.4, 0.5) is 0 Å². The van der Waals surface area contributed by atoms with Crippen molar-refractivity contribution in [2.75, 3.05) is 6.54 Å². The van der Waals surface area contributed by atoms with E-state index in [1.54, 1.807) is 12.4 Å². The fraction of sp³-hybridized carbons (Fsp3) is 0.176. The zero-order chi connectivity index (χ0) is 15.6. The lowest BCUT2D eigenvalue weighted by molar-refractivity contribution is 0.864. The zero-order valence-electron chi connectivity index (χ0n) is 12.9. The second-order valence-electron chi connectivity index (χ2n) is 4.78. The van der Waals surface area contributed by atoms with Gasteiger partial charge >= 0.3 is 0 Å². The van der Waals surface area contributed by atoms with Crippen LogP contribution in [-0.2, 0) is 14.1 Å². The lowest BCUT2D eigenvalue weighted by Crippen LogP contribution is -1.91. The first-order valence-corrected chi connectivity index (χ1v) is 7.09. The third kappa shape index (κ3) is 5.28. The Bertz CT molecular complexity index is 677. The van der Waals surface area contributed by atoms with E-state index in [4.69, 9.17) is 0 Å². The van der Waals surface area contributed by atoms with E-state index < -0.39 is 0 Å². The number of allylic oxidation sites excluding steroid dienone is 1. The van der Waals surface area contributed by atoms with Crippen LogP contribution in [0, 0.1) is 0 Å². The molecule has 0 fully saturated rings. The molecule has 0 spiro atoms. The summed E-state index contributed by atoms with van der Waals surface area (Å²) in [5.41, 5.74) is 1.09. The summed E-state index contributed by atoms with van der Waals surface area (Å²) < 4.78 is 5.83. The Morgan fingerprint density at radius 3 is 2.14 bits per heavy atom. The lowest BCUT2D eigenvalue weighted by atomic mass is 10.5. The molecule has 0 aromatic carbocycles. The Kier molecular flexibility index (Phi) is 5.99. The summed E-state index contributed by atoms with van der Waals surface area (Å²) in [7, 11) is 3.99. The molecule has 0 amide bonds. The molecule has 3 aromatic rings. The maximum Gasteiger partial charge on any atom is 0.0821 e. The Morgan fingerprint density at radius 2 is 1.77 bits per heavy atom. The molecule has 1 aliphatic rings. The molecule has 0 saturated heterocycles. The minimum atomic E-state index is 0.889. The van der Waals surface area contributed by atoms with Crippen molar-refractivity contribution in [2.45, 2.75) is 0 Å². The van der Waals surface area contributed by atoms with Crippen LogP contribution in [0.3, 0.4) is 0 Å². The van der Waals surface area contributed by atoms with E-state index >= 15 is 0 Å². The van der Waals surface area contributed by atoms with Gasteiger partial charge in [-0.2, -0.15) is 5.10 Å². The Morgan fingerprint density at radius 1 is 0.955 bits per heavy atom. The first-order valence-electron chi connectivity index (χ1n) is 7.09. The van der Waals surface area contributed by atoms with Gasteiger partial charge in [-0.05, 0) is 30.3 Å². The number of aromatic nitrogens is 4. The van der Waals surface area contributed by atoms with Crippen LogP contribution in [0.1, 0.15) is 0 Å². The topological polar surface area (TPSA) is 40.0 Å². The molecule has 0 unspecified atom stereocenters. The van der Waals surface area contributed by atoms with Crippen molar-refractivity contribution in [3.63, 3.8) is 0 Å². The highest BCUT2D eigenvalue weighted by atomic mass is 15.3. The predicted octanol–water partition coefficient (Wildman–Crippen LogP) is 2.86. The van der Waals surface area contributed by atoms with Crippen molar-refractivity contribution in [3.05, 3.63) is 73.6 Å². The van der Waals surface area contributed by atoms with Gasteiger partial charge in [0, 0.05) is 57.5 Å². The molecule has 4 heterocycles. The molecule has 4 rings (SSSR count). The molecule has 114 valence electrons. The van der Waals surface area contributed by atoms with E-state index in [0.29, 0.717) is 0 Å². The quantitative estimate of drug-likeness (QED) is 0.680. The van der Waals surface area contributed by atoms with E-state index in [9.17, 15) is 0 Å². The summed E-state index contributed by atoms with van der Waals surface area (Å²) in [6.07, 6.45) is 17.5. The van der Waals surface area contributed by atoms with Crippen LogP contribution in [-0.4, -0.2) is 31.7 Å². The number of rotatable bonds is 1. The summed E-state index contributed by atoms with van der Waals surface area (Å²) >= 11 is 0. The van der Waals surface area contributed by atoms with Crippen molar-refractivity contribution < 1.29 is 0 Å². The first kappa shape index (κ1) is 15.6. The van der Waals surface area contributed by atoms with E-state index in [1.165, 1.54) is 0 Å². The van der Waals surface area contributed by atoms with Gasteiger partial charge in [0.2, 0.25) is 0 Å². The average molecular weight is 295 g/mol. The van der Waals surface area contributed by atoms with Gasteiger partial charge in [0.05, 0.1) is 12.2 Å². The molecule has 0 N–H and O–H groups in total. The van der Waals surface area contributed by atoms with Crippen LogP contribution in [0.25, 0.3) is 5.69 Å². The predicted molar refractivity (Wildman–Crippen MR) is 90.4 cm³/mol. The highest BCUT2D eigenvalue weighted by Crippen LogP contribution is 2.04. The van der Waals surface area contributed by atoms with Crippen LogP contribution >= 0.6 is 0 Å². The average Bonchev–Trinajstić information content (AvgIpc) is 3.31. The fourth-order valence-corrected chi connectivity index (χ4v) is 1.77. The molecule has 3 aromatic heterocycles.